The van der Waals surface area contributed by atoms with Crippen LogP contribution in [-0.2, 0) is 19.1 Å². The Kier molecular flexibility index (Phi) is 10.3. The number of hydrogen-bond acceptors (Lipinski definition) is 6. The first-order valence-corrected chi connectivity index (χ1v) is 11.5. The fourth-order valence-corrected chi connectivity index (χ4v) is 3.65. The highest BCUT2D eigenvalue weighted by Gasteiger charge is 2.36. The van der Waals surface area contributed by atoms with Crippen LogP contribution in [0, 0.1) is 5.92 Å². The topological polar surface area (TPSA) is 114 Å². The summed E-state index contributed by atoms with van der Waals surface area (Å²) in [5.41, 5.74) is 14.6. The SMILES string of the molecule is CC(C)C(N)C(=O)N1CCCC1C(=O)NNc1ccc(-c2ccc(Br)cc2)cc1.COC=O. The maximum absolute atomic E-state index is 12.6. The minimum Gasteiger partial charge on any atom is -0.471 e. The number of methoxy groups -OCH3 is 1. The van der Waals surface area contributed by atoms with Gasteiger partial charge in [-0.15, -0.1) is 0 Å². The van der Waals surface area contributed by atoms with Crippen molar-refractivity contribution < 1.29 is 19.1 Å². The Morgan fingerprint density at radius 1 is 1.12 bits per heavy atom. The standard InChI is InChI=1S/C22H27BrN4O2.C2H4O2/c1-14(2)20(24)22(29)27-13-3-4-19(27)21(28)26-25-18-11-7-16(8-12-18)15-5-9-17(23)10-6-15;1-4-2-3/h5-12,14,19-20,25H,3-4,13,24H2,1-2H3,(H,26,28);2H,1H3. The molecule has 178 valence electrons. The monoisotopic (exact) mass is 518 g/mol. The zero-order valence-electron chi connectivity index (χ0n) is 19.1. The number of rotatable bonds is 7. The van der Waals surface area contributed by atoms with Crippen molar-refractivity contribution in [1.82, 2.24) is 10.3 Å². The zero-order valence-corrected chi connectivity index (χ0v) is 20.7. The van der Waals surface area contributed by atoms with Gasteiger partial charge < -0.3 is 15.4 Å². The number of carbonyl (C=O) groups excluding carboxylic acids is 3. The lowest BCUT2D eigenvalue weighted by molar-refractivity contribution is -0.139. The molecule has 2 unspecified atom stereocenters. The Morgan fingerprint density at radius 3 is 2.18 bits per heavy atom. The minimum absolute atomic E-state index is 0.0363. The molecule has 0 saturated carbocycles. The fraction of sp³-hybridized carbons (Fsp3) is 0.375. The van der Waals surface area contributed by atoms with Crippen molar-refractivity contribution in [2.24, 2.45) is 11.7 Å². The van der Waals surface area contributed by atoms with Gasteiger partial charge in [-0.3, -0.25) is 25.2 Å². The molecule has 9 heteroatoms. The number of ether oxygens (including phenoxy) is 1. The van der Waals surface area contributed by atoms with Gasteiger partial charge in [0.15, 0.2) is 0 Å². The maximum Gasteiger partial charge on any atom is 0.292 e. The van der Waals surface area contributed by atoms with Crippen LogP contribution in [0.4, 0.5) is 5.69 Å². The quantitative estimate of drug-likeness (QED) is 0.382. The van der Waals surface area contributed by atoms with Crippen LogP contribution in [0.2, 0.25) is 0 Å². The largest absolute Gasteiger partial charge is 0.471 e. The normalized spacial score (nSPS) is 15.8. The third kappa shape index (κ3) is 7.57. The molecule has 2 amide bonds. The first-order valence-electron chi connectivity index (χ1n) is 10.7. The van der Waals surface area contributed by atoms with Gasteiger partial charge in [0.2, 0.25) is 5.91 Å². The molecule has 4 N–H and O–H groups in total. The number of anilines is 1. The maximum atomic E-state index is 12.6. The van der Waals surface area contributed by atoms with Crippen LogP contribution >= 0.6 is 15.9 Å². The van der Waals surface area contributed by atoms with Gasteiger partial charge in [-0.25, -0.2) is 0 Å². The number of halogens is 1. The van der Waals surface area contributed by atoms with Crippen molar-refractivity contribution in [2.75, 3.05) is 19.1 Å². The predicted octanol–water partition coefficient (Wildman–Crippen LogP) is 3.32. The minimum atomic E-state index is -0.581. The number of hydrazine groups is 1. The van der Waals surface area contributed by atoms with E-state index in [1.165, 1.54) is 7.11 Å². The summed E-state index contributed by atoms with van der Waals surface area (Å²) in [7, 11) is 1.31. The third-order valence-corrected chi connectivity index (χ3v) is 5.86. The number of nitrogens with one attached hydrogen (secondary N) is 2. The lowest BCUT2D eigenvalue weighted by atomic mass is 10.0. The van der Waals surface area contributed by atoms with Crippen LogP contribution in [0.3, 0.4) is 0 Å². The van der Waals surface area contributed by atoms with Crippen molar-refractivity contribution >= 4 is 39.9 Å². The molecule has 1 aliphatic heterocycles. The second kappa shape index (κ2) is 13.0. The Morgan fingerprint density at radius 2 is 1.67 bits per heavy atom. The smallest absolute Gasteiger partial charge is 0.292 e. The van der Waals surface area contributed by atoms with E-state index in [2.05, 4.69) is 31.5 Å². The second-order valence-corrected chi connectivity index (χ2v) is 8.91. The molecule has 8 nitrogen and oxygen atoms in total. The highest BCUT2D eigenvalue weighted by molar-refractivity contribution is 9.10. The molecule has 0 bridgehead atoms. The molecule has 0 spiro atoms. The van der Waals surface area contributed by atoms with Crippen molar-refractivity contribution in [3.63, 3.8) is 0 Å². The van der Waals surface area contributed by atoms with E-state index in [1.807, 2.05) is 62.4 Å². The molecular weight excluding hydrogens is 488 g/mol. The van der Waals surface area contributed by atoms with Gasteiger partial charge in [0.1, 0.15) is 6.04 Å². The predicted molar refractivity (Wildman–Crippen MR) is 132 cm³/mol. The third-order valence-electron chi connectivity index (χ3n) is 5.33. The Balaban J connectivity index is 0.000000890. The Hall–Kier alpha value is -2.91. The summed E-state index contributed by atoms with van der Waals surface area (Å²) in [6.07, 6.45) is 1.45. The van der Waals surface area contributed by atoms with E-state index >= 15 is 0 Å². The second-order valence-electron chi connectivity index (χ2n) is 7.99. The van der Waals surface area contributed by atoms with E-state index in [1.54, 1.807) is 4.90 Å². The molecule has 1 heterocycles. The van der Waals surface area contributed by atoms with E-state index in [-0.39, 0.29) is 17.7 Å². The molecule has 0 radical (unpaired) electrons. The summed E-state index contributed by atoms with van der Waals surface area (Å²) >= 11 is 3.44. The molecule has 2 atom stereocenters. The van der Waals surface area contributed by atoms with Gasteiger partial charge in [0.05, 0.1) is 18.8 Å². The van der Waals surface area contributed by atoms with Gasteiger partial charge >= 0.3 is 0 Å². The van der Waals surface area contributed by atoms with Crippen molar-refractivity contribution in [3.8, 4) is 11.1 Å². The highest BCUT2D eigenvalue weighted by atomic mass is 79.9. The summed E-state index contributed by atoms with van der Waals surface area (Å²) in [5, 5.41) is 0. The number of carbonyl (C=O) groups is 3. The number of nitrogens with two attached hydrogens (primary N) is 1. The van der Waals surface area contributed by atoms with Crippen LogP contribution in [0.5, 0.6) is 0 Å². The van der Waals surface area contributed by atoms with Crippen LogP contribution in [-0.4, -0.2) is 48.9 Å². The van der Waals surface area contributed by atoms with Crippen molar-refractivity contribution in [1.29, 1.82) is 0 Å². The average Bonchev–Trinajstić information content (AvgIpc) is 3.32. The molecule has 33 heavy (non-hydrogen) atoms. The number of likely N-dealkylation sites (tertiary alicyclic amines) is 1. The van der Waals surface area contributed by atoms with Crippen LogP contribution in [0.1, 0.15) is 26.7 Å². The van der Waals surface area contributed by atoms with Crippen LogP contribution in [0.15, 0.2) is 53.0 Å². The van der Waals surface area contributed by atoms with E-state index in [0.717, 1.165) is 27.7 Å². The lowest BCUT2D eigenvalue weighted by Crippen LogP contribution is -2.53. The molecule has 1 saturated heterocycles. The van der Waals surface area contributed by atoms with Gasteiger partial charge in [-0.2, -0.15) is 0 Å². The number of hydrogen-bond donors (Lipinski definition) is 3. The summed E-state index contributed by atoms with van der Waals surface area (Å²) in [6, 6.07) is 14.8. The van der Waals surface area contributed by atoms with E-state index in [9.17, 15) is 9.59 Å². The summed E-state index contributed by atoms with van der Waals surface area (Å²) in [5.74, 6) is -0.338. The number of benzene rings is 2. The zero-order chi connectivity index (χ0) is 24.4. The molecule has 2 aromatic rings. The Bertz CT molecular complexity index is 919. The van der Waals surface area contributed by atoms with Crippen LogP contribution < -0.4 is 16.6 Å². The number of amides is 2. The van der Waals surface area contributed by atoms with Crippen molar-refractivity contribution in [2.45, 2.75) is 38.8 Å². The fourth-order valence-electron chi connectivity index (χ4n) is 3.39. The van der Waals surface area contributed by atoms with Gasteiger partial charge in [0.25, 0.3) is 12.4 Å². The van der Waals surface area contributed by atoms with Gasteiger partial charge in [0, 0.05) is 11.0 Å². The molecular formula is C24H31BrN4O4. The summed E-state index contributed by atoms with van der Waals surface area (Å²) in [6.45, 7) is 4.76. The highest BCUT2D eigenvalue weighted by Crippen LogP contribution is 2.23. The summed E-state index contributed by atoms with van der Waals surface area (Å²) in [4.78, 5) is 35.8. The van der Waals surface area contributed by atoms with Gasteiger partial charge in [-0.05, 0) is 54.2 Å². The molecule has 2 aromatic carbocycles. The van der Waals surface area contributed by atoms with E-state index in [0.29, 0.717) is 19.4 Å². The first kappa shape index (κ1) is 26.3. The molecule has 0 aliphatic carbocycles. The van der Waals surface area contributed by atoms with E-state index in [4.69, 9.17) is 10.5 Å². The lowest BCUT2D eigenvalue weighted by Gasteiger charge is -2.28. The molecule has 1 fully saturated rings. The average molecular weight is 519 g/mol. The molecule has 3 rings (SSSR count). The first-order chi connectivity index (χ1) is 15.8. The summed E-state index contributed by atoms with van der Waals surface area (Å²) < 4.78 is 4.90. The Labute approximate surface area is 203 Å². The molecule has 1 aliphatic rings. The molecule has 0 aromatic heterocycles. The van der Waals surface area contributed by atoms with Crippen LogP contribution in [0.25, 0.3) is 11.1 Å². The van der Waals surface area contributed by atoms with E-state index < -0.39 is 12.1 Å². The van der Waals surface area contributed by atoms with Crippen molar-refractivity contribution in [3.05, 3.63) is 53.0 Å². The number of nitrogens with zero attached hydrogens (tertiary/aromatic N) is 1. The van der Waals surface area contributed by atoms with Gasteiger partial charge in [-0.1, -0.05) is 54.0 Å².